The molecule has 0 bridgehead atoms. The number of benzene rings is 5. The SMILES string of the molecule is CCCC[C@H]1C(=O)N2C[C@@H](O)C[C@@H]2C(=O)N[C@@H](CC(=O)O)C(=O)N[C@@H](C(C)C)C(=O)N(C)[C@@H](Cc2ccccc2)C(=O)N[C@@H](CCC(=O)O)C(=O)N2CCCC[C@@H]2C(=O)N[C@@H](Cc2c[nH]c3ccccc23)C(=O)N[C@@H](Cc2ccc(O)cc2)C(=O)N[C@@H](CCCCN)C(=O)N[C@H](C)CSCC(=O)N[C@@H](Cc2cc(F)c(F)c(F)c2)C(=O)N(C)[C@@H](Cc2ccc(F)cc2)C(=O)N1C. The van der Waals surface area contributed by atoms with Gasteiger partial charge in [-0.15, -0.1) is 11.8 Å². The molecule has 5 aromatic carbocycles. The molecule has 708 valence electrons. The van der Waals surface area contributed by atoms with Gasteiger partial charge in [-0.2, -0.15) is 0 Å². The van der Waals surface area contributed by atoms with Gasteiger partial charge >= 0.3 is 11.9 Å². The number of aliphatic carboxylic acids is 2. The van der Waals surface area contributed by atoms with Crippen molar-refractivity contribution >= 4 is 111 Å². The number of thioether (sulfide) groups is 1. The molecule has 3 saturated heterocycles. The Kier molecular flexibility index (Phi) is 37.8. The van der Waals surface area contributed by atoms with Gasteiger partial charge in [0.25, 0.3) is 0 Å². The minimum absolute atomic E-state index is 0.0165. The van der Waals surface area contributed by atoms with Crippen LogP contribution in [0.2, 0.25) is 0 Å². The fraction of sp³-hybridized carbons (Fsp3) is 0.489. The number of aliphatic hydroxyl groups excluding tert-OH is 1. The third-order valence-electron chi connectivity index (χ3n) is 23.6. The van der Waals surface area contributed by atoms with E-state index in [2.05, 4.69) is 47.5 Å². The Labute approximate surface area is 759 Å². The first-order valence-corrected chi connectivity index (χ1v) is 45.0. The van der Waals surface area contributed by atoms with Crippen LogP contribution in [0.1, 0.15) is 139 Å². The molecular weight excluding hydrogens is 1730 g/mol. The Hall–Kier alpha value is -12.5. The summed E-state index contributed by atoms with van der Waals surface area (Å²) in [6, 6.07) is 6.26. The number of aromatic hydroxyl groups is 1. The number of carboxylic acid groups (broad SMARTS) is 2. The van der Waals surface area contributed by atoms with Gasteiger partial charge in [-0.3, -0.25) is 71.9 Å². The number of para-hydroxylation sites is 1. The summed E-state index contributed by atoms with van der Waals surface area (Å²) in [5, 5.41) is 64.4. The first-order chi connectivity index (χ1) is 62.3. The number of carbonyl (C=O) groups is 15. The third-order valence-corrected chi connectivity index (χ3v) is 24.8. The maximum Gasteiger partial charge on any atom is 0.305 e. The molecule has 3 fully saturated rings. The number of carbonyl (C=O) groups excluding carboxylic acids is 13. The highest BCUT2D eigenvalue weighted by atomic mass is 32.2. The lowest BCUT2D eigenvalue weighted by atomic mass is 9.97. The zero-order valence-corrected chi connectivity index (χ0v) is 74.9. The van der Waals surface area contributed by atoms with Crippen LogP contribution in [0.15, 0.2) is 121 Å². The minimum atomic E-state index is -2.05. The fourth-order valence-electron chi connectivity index (χ4n) is 16.4. The van der Waals surface area contributed by atoms with Crippen molar-refractivity contribution in [2.75, 3.05) is 52.3 Å². The number of carboxylic acids is 2. The molecule has 1 aromatic heterocycles. The monoisotopic (exact) mass is 1840 g/mol. The van der Waals surface area contributed by atoms with E-state index in [0.29, 0.717) is 65.4 Å². The van der Waals surface area contributed by atoms with Gasteiger partial charge in [0.15, 0.2) is 17.5 Å². The van der Waals surface area contributed by atoms with Crippen LogP contribution in [0.3, 0.4) is 0 Å². The smallest absolute Gasteiger partial charge is 0.305 e. The average molecular weight is 1850 g/mol. The van der Waals surface area contributed by atoms with Crippen molar-refractivity contribution in [3.05, 3.63) is 173 Å². The van der Waals surface area contributed by atoms with Crippen molar-refractivity contribution in [3.8, 4) is 5.75 Å². The molecule has 0 radical (unpaired) electrons. The molecule has 0 unspecified atom stereocenters. The summed E-state index contributed by atoms with van der Waals surface area (Å²) < 4.78 is 59.5. The quantitative estimate of drug-likeness (QED) is 0.0247. The van der Waals surface area contributed by atoms with Gasteiger partial charge in [0.1, 0.15) is 84.1 Å². The molecule has 4 heterocycles. The van der Waals surface area contributed by atoms with E-state index in [9.17, 15) is 58.0 Å². The van der Waals surface area contributed by atoms with Crippen molar-refractivity contribution in [2.45, 2.75) is 228 Å². The van der Waals surface area contributed by atoms with E-state index in [0.717, 1.165) is 55.4 Å². The molecule has 9 rings (SSSR count). The zero-order valence-electron chi connectivity index (χ0n) is 74.1. The van der Waals surface area contributed by atoms with Crippen LogP contribution in [-0.2, 0) is 104 Å². The van der Waals surface area contributed by atoms with Gasteiger partial charge < -0.3 is 98.2 Å². The minimum Gasteiger partial charge on any atom is -0.508 e. The summed E-state index contributed by atoms with van der Waals surface area (Å²) >= 11 is 0.929. The highest BCUT2D eigenvalue weighted by molar-refractivity contribution is 8.00. The van der Waals surface area contributed by atoms with Crippen LogP contribution < -0.4 is 48.3 Å². The van der Waals surface area contributed by atoms with Crippen LogP contribution >= 0.6 is 11.8 Å². The maximum atomic E-state index is 15.6. The topological polar surface area (TPSA) is 491 Å². The molecule has 34 nitrogen and oxygen atoms in total. The van der Waals surface area contributed by atoms with E-state index in [1.807, 2.05) is 0 Å². The van der Waals surface area contributed by atoms with Crippen LogP contribution in [0.4, 0.5) is 17.6 Å². The molecule has 3 aliphatic heterocycles. The van der Waals surface area contributed by atoms with E-state index < -0.39 is 253 Å². The van der Waals surface area contributed by atoms with E-state index in [1.165, 1.54) is 64.3 Å². The Morgan fingerprint density at radius 2 is 1.08 bits per heavy atom. The molecule has 0 aliphatic carbocycles. The lowest BCUT2D eigenvalue weighted by molar-refractivity contribution is -0.152. The van der Waals surface area contributed by atoms with Gasteiger partial charge in [0.2, 0.25) is 76.8 Å². The Bertz CT molecular complexity index is 5040. The second-order valence-corrected chi connectivity index (χ2v) is 34.9. The summed E-state index contributed by atoms with van der Waals surface area (Å²) in [5.41, 5.74) is 7.83. The number of aliphatic hydroxyl groups is 1. The summed E-state index contributed by atoms with van der Waals surface area (Å²) in [6.07, 6.45) is -3.11. The third kappa shape index (κ3) is 28.5. The van der Waals surface area contributed by atoms with Crippen molar-refractivity contribution in [2.24, 2.45) is 11.7 Å². The van der Waals surface area contributed by atoms with E-state index in [-0.39, 0.29) is 87.1 Å². The number of phenols is 1. The van der Waals surface area contributed by atoms with Crippen molar-refractivity contribution in [1.29, 1.82) is 0 Å². The molecule has 0 spiro atoms. The molecule has 0 saturated carbocycles. The molecular formula is C92H117F4N15O19S. The normalized spacial score (nSPS) is 24.5. The van der Waals surface area contributed by atoms with Gasteiger partial charge in [-0.1, -0.05) is 106 Å². The molecule has 6 aromatic rings. The lowest BCUT2D eigenvalue weighted by Gasteiger charge is -2.38. The standard InChI is InChI=1S/C92H117F4N15O19S/c1-8-9-24-72-91(129)111-48-60(113)45-74(111)87(125)105-69(46-78(117)118)84(122)106-80(51(2)3)92(130)108(6)73(42-53-19-11-10-12-20-53)86(124)102-66(34-35-77(115)116)89(127)110-37-18-16-25-71(110)85(123)104-68(44-57-47-98-64-22-14-13-21-61(57)64)83(121)103-67(40-54-28-32-59(112)33-29-54)82(120)101-65(23-15-17-36-97)81(119)99-52(4)49-131-50-76(114)100-70(41-56-38-62(94)79(96)63(95)39-56)88(126)109(7)75(90(128)107(72)5)43-55-26-30-58(93)31-27-55/h10-14,19-22,26-33,38-39,47,51-52,60,65-75,80,98,112-113H,8-9,15-18,23-25,34-37,40-46,48-50,97H2,1-7H3,(H,99,119)(H,100,114)(H,101,120)(H,102,124)(H,103,121)(H,104,123)(H,105,125)(H,106,122)(H,115,116)(H,117,118)/t52-,60+,65+,66+,67+,68+,69+,70+,71-,72+,73+,74-,75+,80+/m1/s1. The number of aromatic amines is 1. The van der Waals surface area contributed by atoms with Gasteiger partial charge in [0.05, 0.1) is 18.3 Å². The number of fused-ring (bicyclic) bond motifs is 3. The number of likely N-dealkylation sites (N-methyl/N-ethyl adjacent to an activating group) is 3. The number of nitrogens with zero attached hydrogens (tertiary/aromatic N) is 5. The number of aromatic nitrogens is 1. The Balaban J connectivity index is 1.12. The van der Waals surface area contributed by atoms with E-state index in [4.69, 9.17) is 5.73 Å². The molecule has 39 heteroatoms. The number of piperidine rings is 1. The van der Waals surface area contributed by atoms with Crippen molar-refractivity contribution in [1.82, 2.24) is 72.0 Å². The first kappa shape index (κ1) is 102. The lowest BCUT2D eigenvalue weighted by Crippen LogP contribution is -2.63. The van der Waals surface area contributed by atoms with Gasteiger partial charge in [-0.25, -0.2) is 17.6 Å². The predicted molar refractivity (Wildman–Crippen MR) is 474 cm³/mol. The molecule has 131 heavy (non-hydrogen) atoms. The van der Waals surface area contributed by atoms with Crippen molar-refractivity contribution in [3.63, 3.8) is 0 Å². The number of H-pyrrole nitrogens is 1. The van der Waals surface area contributed by atoms with E-state index >= 15 is 51.9 Å². The Morgan fingerprint density at radius 3 is 1.74 bits per heavy atom. The predicted octanol–water partition coefficient (Wildman–Crippen LogP) is 3.73. The highest BCUT2D eigenvalue weighted by Crippen LogP contribution is 2.29. The summed E-state index contributed by atoms with van der Waals surface area (Å²) in [4.78, 5) is 231. The van der Waals surface area contributed by atoms with Crippen LogP contribution in [0, 0.1) is 29.2 Å². The maximum absolute atomic E-state index is 15.6. The van der Waals surface area contributed by atoms with Crippen LogP contribution in [-0.4, -0.2) is 276 Å². The number of hydrogen-bond donors (Lipinski definition) is 14. The van der Waals surface area contributed by atoms with Gasteiger partial charge in [0, 0.05) is 108 Å². The largest absolute Gasteiger partial charge is 0.508 e. The molecule has 3 aliphatic rings. The molecule has 13 amide bonds. The molecule has 14 atom stereocenters. The van der Waals surface area contributed by atoms with Gasteiger partial charge in [-0.05, 0) is 141 Å². The molecule has 15 N–H and O–H groups in total. The summed E-state index contributed by atoms with van der Waals surface area (Å²) in [7, 11) is 3.57. The number of amides is 13. The van der Waals surface area contributed by atoms with Crippen LogP contribution in [0.5, 0.6) is 5.75 Å². The second kappa shape index (κ2) is 48.4. The number of phenolic OH excluding ortho intramolecular Hbond substituents is 1. The second-order valence-electron chi connectivity index (χ2n) is 33.9. The Morgan fingerprint density at radius 1 is 0.519 bits per heavy atom. The summed E-state index contributed by atoms with van der Waals surface area (Å²) in [5.74, 6) is -23.3. The fourth-order valence-corrected chi connectivity index (χ4v) is 17.2. The van der Waals surface area contributed by atoms with Crippen molar-refractivity contribution < 1.29 is 110 Å². The van der Waals surface area contributed by atoms with E-state index in [1.54, 1.807) is 74.6 Å². The zero-order chi connectivity index (χ0) is 95.6. The number of rotatable bonds is 23. The van der Waals surface area contributed by atoms with Crippen LogP contribution in [0.25, 0.3) is 10.9 Å². The number of halogens is 4. The number of unbranched alkanes of at least 4 members (excludes halogenated alkanes) is 2. The number of nitrogens with one attached hydrogen (secondary N) is 9. The average Bonchev–Trinajstić information content (AvgIpc) is 1.69. The summed E-state index contributed by atoms with van der Waals surface area (Å²) in [6.45, 7) is 5.81. The number of nitrogens with two attached hydrogens (primary N) is 1. The highest BCUT2D eigenvalue weighted by Gasteiger charge is 2.47. The first-order valence-electron chi connectivity index (χ1n) is 43.8. The number of hydrogen-bond acceptors (Lipinski definition) is 19.